The van der Waals surface area contributed by atoms with Crippen molar-refractivity contribution in [2.75, 3.05) is 18.5 Å². The van der Waals surface area contributed by atoms with Gasteiger partial charge in [-0.2, -0.15) is 0 Å². The largest absolute Gasteiger partial charge is 0.360 e. The monoisotopic (exact) mass is 353 g/mol. The van der Waals surface area contributed by atoms with E-state index in [1.54, 1.807) is 23.8 Å². The average molecular weight is 353 g/mol. The van der Waals surface area contributed by atoms with Crippen LogP contribution in [0.25, 0.3) is 0 Å². The minimum absolute atomic E-state index is 0.392. The molecule has 136 valence electrons. The molecule has 0 radical (unpaired) electrons. The molecule has 0 bridgehead atoms. The van der Waals surface area contributed by atoms with Crippen molar-refractivity contribution in [2.24, 2.45) is 5.41 Å². The Morgan fingerprint density at radius 2 is 2.19 bits per heavy atom. The van der Waals surface area contributed by atoms with Crippen LogP contribution < -0.4 is 10.4 Å². The van der Waals surface area contributed by atoms with Crippen molar-refractivity contribution in [3.05, 3.63) is 59.3 Å². The Kier molecular flexibility index (Phi) is 5.32. The summed E-state index contributed by atoms with van der Waals surface area (Å²) in [6.45, 7) is 0.746. The molecule has 2 aromatic rings. The van der Waals surface area contributed by atoms with Crippen LogP contribution in [0, 0.1) is 5.41 Å². The van der Waals surface area contributed by atoms with E-state index in [9.17, 15) is 9.59 Å². The maximum Gasteiger partial charge on any atom is 0.274 e. The van der Waals surface area contributed by atoms with Gasteiger partial charge in [0.1, 0.15) is 12.1 Å². The summed E-state index contributed by atoms with van der Waals surface area (Å²) in [7, 11) is 1.98. The lowest BCUT2D eigenvalue weighted by Gasteiger charge is -2.35. The number of nitrogens with one attached hydrogen (secondary N) is 1. The lowest BCUT2D eigenvalue weighted by Crippen LogP contribution is -2.35. The van der Waals surface area contributed by atoms with Crippen LogP contribution in [-0.4, -0.2) is 36.0 Å². The van der Waals surface area contributed by atoms with E-state index in [2.05, 4.69) is 9.88 Å². The lowest BCUT2D eigenvalue weighted by atomic mass is 9.70. The fourth-order valence-electron chi connectivity index (χ4n) is 3.55. The second kappa shape index (κ2) is 7.66. The van der Waals surface area contributed by atoms with E-state index in [0.717, 1.165) is 49.0 Å². The van der Waals surface area contributed by atoms with Gasteiger partial charge in [0, 0.05) is 30.8 Å². The Morgan fingerprint density at radius 3 is 2.88 bits per heavy atom. The number of carbonyl (C=O) groups is 2. The van der Waals surface area contributed by atoms with Gasteiger partial charge in [0.05, 0.1) is 0 Å². The summed E-state index contributed by atoms with van der Waals surface area (Å²) in [6.07, 6.45) is 5.78. The number of hydroxylamine groups is 1. The zero-order chi connectivity index (χ0) is 18.6. The van der Waals surface area contributed by atoms with Crippen molar-refractivity contribution in [2.45, 2.75) is 25.7 Å². The summed E-state index contributed by atoms with van der Waals surface area (Å²) in [5.41, 5.74) is 3.86. The second-order valence-electron chi connectivity index (χ2n) is 6.94. The number of amides is 1. The van der Waals surface area contributed by atoms with E-state index in [4.69, 9.17) is 5.21 Å². The lowest BCUT2D eigenvalue weighted by molar-refractivity contribution is -0.117. The highest BCUT2D eigenvalue weighted by Crippen LogP contribution is 2.37. The van der Waals surface area contributed by atoms with Crippen molar-refractivity contribution in [1.29, 1.82) is 0 Å². The Morgan fingerprint density at radius 1 is 1.35 bits per heavy atom. The van der Waals surface area contributed by atoms with Crippen LogP contribution in [0.15, 0.2) is 42.6 Å². The van der Waals surface area contributed by atoms with Gasteiger partial charge < -0.3 is 9.69 Å². The van der Waals surface area contributed by atoms with Crippen molar-refractivity contribution in [1.82, 2.24) is 10.5 Å². The number of rotatable bonds is 6. The van der Waals surface area contributed by atoms with Gasteiger partial charge in [-0.25, -0.2) is 10.5 Å². The number of aryl methyl sites for hydroxylation is 1. The Labute approximate surface area is 152 Å². The van der Waals surface area contributed by atoms with E-state index in [0.29, 0.717) is 12.0 Å². The molecule has 1 amide bonds. The van der Waals surface area contributed by atoms with Crippen LogP contribution in [-0.2, 0) is 17.6 Å². The number of pyridine rings is 1. The van der Waals surface area contributed by atoms with Crippen LogP contribution >= 0.6 is 0 Å². The summed E-state index contributed by atoms with van der Waals surface area (Å²) in [6, 6.07) is 11.2. The SMILES string of the molecule is CN(CC[C@@]1(C=O)CCc2cc(C(=O)NO)ccc2C1)c1ccccn1. The van der Waals surface area contributed by atoms with Gasteiger partial charge in [0.25, 0.3) is 5.91 Å². The third-order valence-corrected chi connectivity index (χ3v) is 5.24. The number of aldehydes is 1. The van der Waals surface area contributed by atoms with Crippen molar-refractivity contribution < 1.29 is 14.8 Å². The average Bonchev–Trinajstić information content (AvgIpc) is 2.71. The van der Waals surface area contributed by atoms with Crippen molar-refractivity contribution in [3.8, 4) is 0 Å². The molecule has 1 aromatic heterocycles. The first-order chi connectivity index (χ1) is 12.6. The highest BCUT2D eigenvalue weighted by molar-refractivity contribution is 5.93. The molecule has 0 unspecified atom stereocenters. The van der Waals surface area contributed by atoms with Gasteiger partial charge in [-0.15, -0.1) is 0 Å². The molecule has 0 aliphatic heterocycles. The van der Waals surface area contributed by atoms with Gasteiger partial charge in [0.2, 0.25) is 0 Å². The quantitative estimate of drug-likeness (QED) is 0.473. The predicted octanol–water partition coefficient (Wildman–Crippen LogP) is 2.40. The molecule has 1 aliphatic rings. The molecule has 1 aromatic carbocycles. The Bertz CT molecular complexity index is 794. The van der Waals surface area contributed by atoms with E-state index >= 15 is 0 Å². The zero-order valence-electron chi connectivity index (χ0n) is 14.8. The fraction of sp³-hybridized carbons (Fsp3) is 0.350. The molecule has 26 heavy (non-hydrogen) atoms. The number of hydrogen-bond donors (Lipinski definition) is 2. The molecular weight excluding hydrogens is 330 g/mol. The zero-order valence-corrected chi connectivity index (χ0v) is 14.8. The Balaban J connectivity index is 1.71. The molecule has 0 spiro atoms. The van der Waals surface area contributed by atoms with Crippen LogP contribution in [0.1, 0.15) is 34.3 Å². The van der Waals surface area contributed by atoms with Crippen LogP contribution in [0.3, 0.4) is 0 Å². The topological polar surface area (TPSA) is 82.5 Å². The number of aromatic nitrogens is 1. The van der Waals surface area contributed by atoms with E-state index in [-0.39, 0.29) is 0 Å². The molecule has 1 atom stereocenters. The molecule has 0 fully saturated rings. The van der Waals surface area contributed by atoms with Gasteiger partial charge in [0.15, 0.2) is 0 Å². The van der Waals surface area contributed by atoms with Crippen molar-refractivity contribution in [3.63, 3.8) is 0 Å². The summed E-state index contributed by atoms with van der Waals surface area (Å²) in [4.78, 5) is 29.9. The number of fused-ring (bicyclic) bond motifs is 1. The smallest absolute Gasteiger partial charge is 0.274 e. The normalized spacial score (nSPS) is 18.7. The van der Waals surface area contributed by atoms with Crippen LogP contribution in [0.4, 0.5) is 5.82 Å². The summed E-state index contributed by atoms with van der Waals surface area (Å²) >= 11 is 0. The molecular formula is C20H23N3O3. The molecule has 6 heteroatoms. The number of hydrogen-bond acceptors (Lipinski definition) is 5. The minimum atomic E-state index is -0.517. The molecule has 1 aliphatic carbocycles. The molecule has 0 saturated heterocycles. The van der Waals surface area contributed by atoms with Gasteiger partial charge >= 0.3 is 0 Å². The van der Waals surface area contributed by atoms with Crippen LogP contribution in [0.5, 0.6) is 0 Å². The standard InChI is InChI=1S/C20H23N3O3/c1-23(18-4-2-3-10-21-18)11-9-20(14-24)8-7-15-12-16(19(25)22-26)5-6-17(15)13-20/h2-6,10,12,14,26H,7-9,11,13H2,1H3,(H,22,25)/t20-/m0/s1. The number of benzene rings is 1. The predicted molar refractivity (Wildman–Crippen MR) is 98.3 cm³/mol. The van der Waals surface area contributed by atoms with Gasteiger partial charge in [-0.05, 0) is 61.1 Å². The summed E-state index contributed by atoms with van der Waals surface area (Å²) in [5.74, 6) is 0.376. The van der Waals surface area contributed by atoms with Gasteiger partial charge in [-0.3, -0.25) is 10.0 Å². The highest BCUT2D eigenvalue weighted by Gasteiger charge is 2.34. The third-order valence-electron chi connectivity index (χ3n) is 5.24. The number of nitrogens with zero attached hydrogens (tertiary/aromatic N) is 2. The molecule has 2 N–H and O–H groups in total. The molecule has 0 saturated carbocycles. The first-order valence-corrected chi connectivity index (χ1v) is 8.72. The maximum absolute atomic E-state index is 11.9. The second-order valence-corrected chi connectivity index (χ2v) is 6.94. The Hall–Kier alpha value is -2.73. The first kappa shape index (κ1) is 18.1. The van der Waals surface area contributed by atoms with Crippen LogP contribution in [0.2, 0.25) is 0 Å². The van der Waals surface area contributed by atoms with E-state index < -0.39 is 11.3 Å². The number of anilines is 1. The third kappa shape index (κ3) is 3.75. The molecule has 3 rings (SSSR count). The van der Waals surface area contributed by atoms with E-state index in [1.807, 2.05) is 31.3 Å². The van der Waals surface area contributed by atoms with Gasteiger partial charge in [-0.1, -0.05) is 12.1 Å². The van der Waals surface area contributed by atoms with Crippen molar-refractivity contribution >= 4 is 18.0 Å². The van der Waals surface area contributed by atoms with E-state index in [1.165, 1.54) is 0 Å². The minimum Gasteiger partial charge on any atom is -0.360 e. The summed E-state index contributed by atoms with van der Waals surface area (Å²) < 4.78 is 0. The highest BCUT2D eigenvalue weighted by atomic mass is 16.5. The molecule has 1 heterocycles. The molecule has 6 nitrogen and oxygen atoms in total. The summed E-state index contributed by atoms with van der Waals surface area (Å²) in [5, 5.41) is 8.77. The maximum atomic E-state index is 11.9. The first-order valence-electron chi connectivity index (χ1n) is 8.72. The number of carbonyl (C=O) groups excluding carboxylic acids is 2. The fourth-order valence-corrected chi connectivity index (χ4v) is 3.55.